The highest BCUT2D eigenvalue weighted by molar-refractivity contribution is 6.32. The van der Waals surface area contributed by atoms with Crippen molar-refractivity contribution in [1.82, 2.24) is 5.32 Å². The van der Waals surface area contributed by atoms with Crippen molar-refractivity contribution in [3.63, 3.8) is 0 Å². The maximum absolute atomic E-state index is 12.7. The van der Waals surface area contributed by atoms with E-state index < -0.39 is 11.9 Å². The fourth-order valence-corrected chi connectivity index (χ4v) is 5.74. The van der Waals surface area contributed by atoms with Crippen LogP contribution in [0, 0.1) is 5.92 Å². The van der Waals surface area contributed by atoms with E-state index in [4.69, 9.17) is 21.1 Å². The highest BCUT2D eigenvalue weighted by atomic mass is 35.5. The lowest BCUT2D eigenvalue weighted by molar-refractivity contribution is -0.139. The van der Waals surface area contributed by atoms with Gasteiger partial charge in [0.15, 0.2) is 0 Å². The zero-order chi connectivity index (χ0) is 26.5. The van der Waals surface area contributed by atoms with Gasteiger partial charge in [-0.2, -0.15) is 0 Å². The number of fused-ring (bicyclic) bond motifs is 1. The van der Waals surface area contributed by atoms with Gasteiger partial charge >= 0.3 is 5.97 Å². The Kier molecular flexibility index (Phi) is 8.18. The number of benzene rings is 3. The molecule has 1 heterocycles. The summed E-state index contributed by atoms with van der Waals surface area (Å²) in [4.78, 5) is 24.2. The molecule has 0 saturated heterocycles. The van der Waals surface area contributed by atoms with E-state index in [0.717, 1.165) is 6.42 Å². The molecule has 1 fully saturated rings. The summed E-state index contributed by atoms with van der Waals surface area (Å²) in [6.45, 7) is 0.990. The number of halogens is 1. The van der Waals surface area contributed by atoms with Crippen LogP contribution in [-0.4, -0.2) is 30.1 Å². The maximum atomic E-state index is 12.7. The highest BCUT2D eigenvalue weighted by Gasteiger charge is 2.29. The zero-order valence-electron chi connectivity index (χ0n) is 21.2. The Hall–Kier alpha value is -3.51. The molecule has 1 atom stereocenters. The Bertz CT molecular complexity index is 1270. The first-order valence-corrected chi connectivity index (χ1v) is 13.7. The summed E-state index contributed by atoms with van der Waals surface area (Å²) in [7, 11) is 0. The van der Waals surface area contributed by atoms with Gasteiger partial charge in [0.05, 0.1) is 17.5 Å². The molecule has 0 radical (unpaired) electrons. The third-order valence-electron chi connectivity index (χ3n) is 7.70. The number of amides is 1. The van der Waals surface area contributed by atoms with Crippen molar-refractivity contribution >= 4 is 23.5 Å². The minimum atomic E-state index is -0.899. The van der Waals surface area contributed by atoms with Crippen LogP contribution < -0.4 is 14.8 Å². The van der Waals surface area contributed by atoms with Gasteiger partial charge in [-0.3, -0.25) is 9.59 Å². The van der Waals surface area contributed by atoms with Crippen LogP contribution in [-0.2, 0) is 4.79 Å². The largest absolute Gasteiger partial charge is 0.493 e. The third-order valence-corrected chi connectivity index (χ3v) is 8.00. The number of carbonyl (C=O) groups is 2. The van der Waals surface area contributed by atoms with E-state index in [1.807, 2.05) is 0 Å². The summed E-state index contributed by atoms with van der Waals surface area (Å²) >= 11 is 6.39. The third kappa shape index (κ3) is 6.13. The summed E-state index contributed by atoms with van der Waals surface area (Å²) in [6, 6.07) is 20.9. The number of carboxylic acid groups (broad SMARTS) is 1. The van der Waals surface area contributed by atoms with Crippen LogP contribution in [0.15, 0.2) is 66.7 Å². The van der Waals surface area contributed by atoms with E-state index in [2.05, 4.69) is 35.6 Å². The predicted molar refractivity (Wildman–Crippen MR) is 147 cm³/mol. The molecule has 198 valence electrons. The van der Waals surface area contributed by atoms with E-state index >= 15 is 0 Å². The van der Waals surface area contributed by atoms with Gasteiger partial charge in [0, 0.05) is 23.7 Å². The van der Waals surface area contributed by atoms with E-state index in [-0.39, 0.29) is 5.91 Å². The summed E-state index contributed by atoms with van der Waals surface area (Å²) in [5.41, 5.74) is 2.56. The molecule has 7 heteroatoms. The molecule has 1 amide bonds. The second-order valence-corrected chi connectivity index (χ2v) is 10.6. The number of nitrogens with one attached hydrogen (secondary N) is 1. The van der Waals surface area contributed by atoms with Crippen molar-refractivity contribution in [1.29, 1.82) is 0 Å². The number of hydrogen-bond donors (Lipinski definition) is 2. The summed E-state index contributed by atoms with van der Waals surface area (Å²) in [5, 5.41) is 12.8. The van der Waals surface area contributed by atoms with Crippen LogP contribution in [0.3, 0.4) is 0 Å². The van der Waals surface area contributed by atoms with Crippen LogP contribution in [0.25, 0.3) is 0 Å². The normalized spacial score (nSPS) is 20.6. The lowest BCUT2D eigenvalue weighted by Crippen LogP contribution is -2.26. The topological polar surface area (TPSA) is 84.9 Å². The maximum Gasteiger partial charge on any atom is 0.311 e. The summed E-state index contributed by atoms with van der Waals surface area (Å²) < 4.78 is 11.6. The Balaban J connectivity index is 1.10. The molecule has 1 aliphatic carbocycles. The lowest BCUT2D eigenvalue weighted by Gasteiger charge is -2.28. The van der Waals surface area contributed by atoms with Gasteiger partial charge < -0.3 is 19.9 Å². The standard InChI is InChI=1S/C31H32ClNO5/c32-27-18-26-25(31(35)36)15-17-37-28(26)19-29(27)38-24-12-10-23(11-13-24)30(34)33-16-14-20-6-8-22(9-7-20)21-4-2-1-3-5-21/h1-5,10-13,18-20,22,25H,6-9,14-17H2,(H,33,34)(H,35,36)/t20?,22?,25-/m1/s1. The van der Waals surface area contributed by atoms with Gasteiger partial charge in [-0.25, -0.2) is 0 Å². The van der Waals surface area contributed by atoms with Crippen molar-refractivity contribution in [2.24, 2.45) is 5.92 Å². The molecule has 5 rings (SSSR count). The van der Waals surface area contributed by atoms with Gasteiger partial charge in [-0.15, -0.1) is 0 Å². The molecule has 2 N–H and O–H groups in total. The van der Waals surface area contributed by atoms with E-state index in [1.54, 1.807) is 36.4 Å². The molecule has 6 nitrogen and oxygen atoms in total. The van der Waals surface area contributed by atoms with E-state index in [9.17, 15) is 14.7 Å². The monoisotopic (exact) mass is 533 g/mol. The van der Waals surface area contributed by atoms with Gasteiger partial charge in [0.25, 0.3) is 5.91 Å². The lowest BCUT2D eigenvalue weighted by atomic mass is 9.77. The molecule has 1 aliphatic heterocycles. The molecular formula is C31H32ClNO5. The molecule has 1 saturated carbocycles. The molecule has 0 aromatic heterocycles. The smallest absolute Gasteiger partial charge is 0.311 e. The van der Waals surface area contributed by atoms with Crippen molar-refractivity contribution in [2.45, 2.75) is 50.4 Å². The van der Waals surface area contributed by atoms with E-state index in [1.165, 1.54) is 31.2 Å². The van der Waals surface area contributed by atoms with Gasteiger partial charge in [0.2, 0.25) is 0 Å². The average Bonchev–Trinajstić information content (AvgIpc) is 2.94. The van der Waals surface area contributed by atoms with Crippen LogP contribution >= 0.6 is 11.6 Å². The van der Waals surface area contributed by atoms with Gasteiger partial charge in [-0.1, -0.05) is 41.9 Å². The molecule has 2 aliphatic rings. The molecule has 0 unspecified atom stereocenters. The SMILES string of the molecule is O=C(NCCC1CCC(c2ccccc2)CC1)c1ccc(Oc2cc3c(cc2Cl)[C@H](C(=O)O)CCO3)cc1. The number of carboxylic acids is 1. The molecule has 3 aromatic carbocycles. The number of ether oxygens (including phenoxy) is 2. The fraction of sp³-hybridized carbons (Fsp3) is 0.355. The van der Waals surface area contributed by atoms with Crippen molar-refractivity contribution in [3.05, 3.63) is 88.4 Å². The Labute approximate surface area is 227 Å². The zero-order valence-corrected chi connectivity index (χ0v) is 22.0. The molecule has 0 spiro atoms. The fourth-order valence-electron chi connectivity index (χ4n) is 5.53. The molecular weight excluding hydrogens is 502 g/mol. The molecule has 38 heavy (non-hydrogen) atoms. The second-order valence-electron chi connectivity index (χ2n) is 10.1. The number of hydrogen-bond acceptors (Lipinski definition) is 4. The molecule has 0 bridgehead atoms. The summed E-state index contributed by atoms with van der Waals surface area (Å²) in [5.74, 6) is 1.02. The Morgan fingerprint density at radius 3 is 2.42 bits per heavy atom. The van der Waals surface area contributed by atoms with Crippen LogP contribution in [0.4, 0.5) is 0 Å². The Morgan fingerprint density at radius 1 is 0.974 bits per heavy atom. The molecule has 3 aromatic rings. The van der Waals surface area contributed by atoms with Crippen molar-refractivity contribution in [2.75, 3.05) is 13.2 Å². The average molecular weight is 534 g/mol. The first-order chi connectivity index (χ1) is 18.5. The number of aliphatic carboxylic acids is 1. The van der Waals surface area contributed by atoms with Crippen molar-refractivity contribution < 1.29 is 24.2 Å². The second kappa shape index (κ2) is 11.9. The van der Waals surface area contributed by atoms with Gasteiger partial charge in [0.1, 0.15) is 17.2 Å². The summed E-state index contributed by atoms with van der Waals surface area (Å²) in [6.07, 6.45) is 6.23. The number of carbonyl (C=O) groups excluding carboxylic acids is 1. The first kappa shape index (κ1) is 26.1. The Morgan fingerprint density at radius 2 is 1.71 bits per heavy atom. The highest BCUT2D eigenvalue weighted by Crippen LogP contribution is 2.42. The van der Waals surface area contributed by atoms with Crippen LogP contribution in [0.5, 0.6) is 17.2 Å². The van der Waals surface area contributed by atoms with Gasteiger partial charge in [-0.05, 0) is 86.3 Å². The van der Waals surface area contributed by atoms with Crippen molar-refractivity contribution in [3.8, 4) is 17.2 Å². The minimum Gasteiger partial charge on any atom is -0.493 e. The van der Waals surface area contributed by atoms with E-state index in [0.29, 0.717) is 64.8 Å². The van der Waals surface area contributed by atoms with Crippen LogP contribution in [0.2, 0.25) is 5.02 Å². The quantitative estimate of drug-likeness (QED) is 0.320. The predicted octanol–water partition coefficient (Wildman–Crippen LogP) is 7.18. The number of rotatable bonds is 8. The minimum absolute atomic E-state index is 0.102. The first-order valence-electron chi connectivity index (χ1n) is 13.3. The van der Waals surface area contributed by atoms with Crippen LogP contribution in [0.1, 0.15) is 71.8 Å².